The number of nitrogens with one attached hydrogen (secondary N) is 3. The molecule has 3 N–H and O–H groups in total. The summed E-state index contributed by atoms with van der Waals surface area (Å²) in [6.07, 6.45) is -3.54. The Hall–Kier alpha value is -3.10. The lowest BCUT2D eigenvalue weighted by molar-refractivity contribution is -0.136. The second-order valence-electron chi connectivity index (χ2n) is 7.13. The summed E-state index contributed by atoms with van der Waals surface area (Å²) in [6, 6.07) is 7.96. The predicted molar refractivity (Wildman–Crippen MR) is 104 cm³/mol. The number of aromatic amines is 1. The SMILES string of the molecule is CC(C)CNc1cc(Nc2cc[c]c3c2OCCO3)nc2[nH]cc(C(F)(F)F)c12. The molecule has 4 rings (SSSR count). The smallest absolute Gasteiger partial charge is 0.418 e. The maximum absolute atomic E-state index is 13.4. The van der Waals surface area contributed by atoms with Crippen molar-refractivity contribution in [3.63, 3.8) is 0 Å². The number of H-pyrrole nitrogens is 1. The number of hydrogen-bond donors (Lipinski definition) is 3. The van der Waals surface area contributed by atoms with E-state index in [0.29, 0.717) is 48.5 Å². The number of halogens is 3. The van der Waals surface area contributed by atoms with E-state index in [-0.39, 0.29) is 17.0 Å². The summed E-state index contributed by atoms with van der Waals surface area (Å²) in [4.78, 5) is 6.97. The topological polar surface area (TPSA) is 71.2 Å². The van der Waals surface area contributed by atoms with E-state index < -0.39 is 11.7 Å². The van der Waals surface area contributed by atoms with Gasteiger partial charge in [0.15, 0.2) is 11.5 Å². The molecule has 1 aliphatic rings. The van der Waals surface area contributed by atoms with Crippen LogP contribution in [-0.2, 0) is 6.18 Å². The molecule has 0 unspecified atom stereocenters. The van der Waals surface area contributed by atoms with Crippen molar-refractivity contribution in [1.82, 2.24) is 9.97 Å². The molecule has 0 fully saturated rings. The molecule has 6 nitrogen and oxygen atoms in total. The van der Waals surface area contributed by atoms with Gasteiger partial charge < -0.3 is 25.1 Å². The summed E-state index contributed by atoms with van der Waals surface area (Å²) in [7, 11) is 0. The zero-order valence-electron chi connectivity index (χ0n) is 15.9. The maximum Gasteiger partial charge on any atom is 0.418 e. The van der Waals surface area contributed by atoms with Gasteiger partial charge in [0.2, 0.25) is 0 Å². The fourth-order valence-corrected chi connectivity index (χ4v) is 3.11. The van der Waals surface area contributed by atoms with Crippen LogP contribution >= 0.6 is 0 Å². The largest absolute Gasteiger partial charge is 0.485 e. The van der Waals surface area contributed by atoms with Gasteiger partial charge in [0.05, 0.1) is 16.6 Å². The van der Waals surface area contributed by atoms with Crippen molar-refractivity contribution in [2.24, 2.45) is 5.92 Å². The van der Waals surface area contributed by atoms with Crippen LogP contribution in [0.5, 0.6) is 11.5 Å². The van der Waals surface area contributed by atoms with Crippen LogP contribution in [-0.4, -0.2) is 29.7 Å². The Labute approximate surface area is 165 Å². The Morgan fingerprint density at radius 1 is 1.24 bits per heavy atom. The van der Waals surface area contributed by atoms with Crippen LogP contribution in [0, 0.1) is 12.0 Å². The van der Waals surface area contributed by atoms with Gasteiger partial charge >= 0.3 is 6.18 Å². The van der Waals surface area contributed by atoms with E-state index in [1.54, 1.807) is 18.2 Å². The maximum atomic E-state index is 13.4. The minimum Gasteiger partial charge on any atom is -0.485 e. The summed E-state index contributed by atoms with van der Waals surface area (Å²) >= 11 is 0. The Morgan fingerprint density at radius 2 is 2.03 bits per heavy atom. The number of pyridine rings is 1. The molecule has 1 aliphatic heterocycles. The van der Waals surface area contributed by atoms with Gasteiger partial charge in [0.1, 0.15) is 24.7 Å². The van der Waals surface area contributed by atoms with E-state index >= 15 is 0 Å². The summed E-state index contributed by atoms with van der Waals surface area (Å²) in [5, 5.41) is 6.26. The van der Waals surface area contributed by atoms with Gasteiger partial charge in [-0.05, 0) is 18.1 Å². The van der Waals surface area contributed by atoms with Gasteiger partial charge in [-0.3, -0.25) is 0 Å². The highest BCUT2D eigenvalue weighted by molar-refractivity contribution is 5.95. The summed E-state index contributed by atoms with van der Waals surface area (Å²) < 4.78 is 51.5. The highest BCUT2D eigenvalue weighted by Crippen LogP contribution is 2.41. The third kappa shape index (κ3) is 3.90. The van der Waals surface area contributed by atoms with E-state index in [2.05, 4.69) is 26.7 Å². The van der Waals surface area contributed by atoms with Crippen LogP contribution < -0.4 is 20.1 Å². The molecule has 1 radical (unpaired) electrons. The first-order valence-corrected chi connectivity index (χ1v) is 9.23. The molecule has 3 aromatic rings. The van der Waals surface area contributed by atoms with Crippen molar-refractivity contribution in [1.29, 1.82) is 0 Å². The average Bonchev–Trinajstić information content (AvgIpc) is 3.11. The standard InChI is InChI=1S/C20H20F3N4O2/c1-11(2)9-24-14-8-16(27-19-17(14)12(10-25-19)20(21,22)23)26-13-4-3-5-15-18(13)29-7-6-28-15/h3-4,8,10-11H,6-7,9H2,1-2H3,(H3,24,25,26,27). The molecular weight excluding hydrogens is 385 g/mol. The van der Waals surface area contributed by atoms with Crippen LogP contribution in [0.4, 0.5) is 30.4 Å². The Morgan fingerprint density at radius 3 is 2.79 bits per heavy atom. The summed E-state index contributed by atoms with van der Waals surface area (Å²) in [5.41, 5.74) is 0.347. The number of fused-ring (bicyclic) bond motifs is 2. The minimum atomic E-state index is -4.48. The molecule has 0 saturated carbocycles. The lowest BCUT2D eigenvalue weighted by Gasteiger charge is -2.21. The van der Waals surface area contributed by atoms with E-state index in [9.17, 15) is 13.2 Å². The highest BCUT2D eigenvalue weighted by atomic mass is 19.4. The number of nitrogens with zero attached hydrogens (tertiary/aromatic N) is 1. The normalized spacial score (nSPS) is 13.7. The number of hydrogen-bond acceptors (Lipinski definition) is 5. The van der Waals surface area contributed by atoms with Gasteiger partial charge in [0.25, 0.3) is 0 Å². The van der Waals surface area contributed by atoms with E-state index in [4.69, 9.17) is 9.47 Å². The fourth-order valence-electron chi connectivity index (χ4n) is 3.11. The van der Waals surface area contributed by atoms with Crippen molar-refractivity contribution < 1.29 is 22.6 Å². The number of alkyl halides is 3. The zero-order chi connectivity index (χ0) is 20.6. The molecule has 3 heterocycles. The summed E-state index contributed by atoms with van der Waals surface area (Å²) in [6.45, 7) is 5.32. The van der Waals surface area contributed by atoms with Crippen molar-refractivity contribution in [2.45, 2.75) is 20.0 Å². The molecule has 0 aliphatic carbocycles. The molecule has 153 valence electrons. The lowest BCUT2D eigenvalue weighted by Crippen LogP contribution is -2.16. The van der Waals surface area contributed by atoms with Crippen LogP contribution in [0.1, 0.15) is 19.4 Å². The third-order valence-corrected chi connectivity index (χ3v) is 4.40. The van der Waals surface area contributed by atoms with Crippen molar-refractivity contribution in [3.8, 4) is 11.5 Å². The van der Waals surface area contributed by atoms with Gasteiger partial charge in [-0.2, -0.15) is 13.2 Å². The first-order valence-electron chi connectivity index (χ1n) is 9.23. The molecule has 1 aromatic carbocycles. The lowest BCUT2D eigenvalue weighted by atomic mass is 10.1. The Bertz CT molecular complexity index is 1030. The van der Waals surface area contributed by atoms with Crippen LogP contribution in [0.15, 0.2) is 24.4 Å². The van der Waals surface area contributed by atoms with Crippen LogP contribution in [0.25, 0.3) is 11.0 Å². The quantitative estimate of drug-likeness (QED) is 0.559. The van der Waals surface area contributed by atoms with Gasteiger partial charge in [-0.15, -0.1) is 0 Å². The number of anilines is 3. The van der Waals surface area contributed by atoms with Crippen LogP contribution in [0.3, 0.4) is 0 Å². The van der Waals surface area contributed by atoms with Gasteiger partial charge in [0, 0.05) is 30.6 Å². The molecule has 0 atom stereocenters. The molecular formula is C20H20F3N4O2. The number of aromatic nitrogens is 2. The van der Waals surface area contributed by atoms with Crippen molar-refractivity contribution in [3.05, 3.63) is 36.0 Å². The Balaban J connectivity index is 1.76. The monoisotopic (exact) mass is 405 g/mol. The van der Waals surface area contributed by atoms with E-state index in [1.165, 1.54) is 0 Å². The Kier molecular flexibility index (Phi) is 4.89. The number of rotatable bonds is 5. The second kappa shape index (κ2) is 7.38. The third-order valence-electron chi connectivity index (χ3n) is 4.40. The molecule has 0 amide bonds. The minimum absolute atomic E-state index is 0.0201. The van der Waals surface area contributed by atoms with E-state index in [1.807, 2.05) is 13.8 Å². The highest BCUT2D eigenvalue weighted by Gasteiger charge is 2.35. The van der Waals surface area contributed by atoms with Crippen molar-refractivity contribution in [2.75, 3.05) is 30.4 Å². The molecule has 0 spiro atoms. The molecule has 0 saturated heterocycles. The molecule has 0 bridgehead atoms. The van der Waals surface area contributed by atoms with E-state index in [0.717, 1.165) is 6.20 Å². The first-order chi connectivity index (χ1) is 13.8. The van der Waals surface area contributed by atoms with Crippen LogP contribution in [0.2, 0.25) is 0 Å². The summed E-state index contributed by atoms with van der Waals surface area (Å²) in [5.74, 6) is 1.62. The predicted octanol–water partition coefficient (Wildman–Crippen LogP) is 4.96. The van der Waals surface area contributed by atoms with Crippen molar-refractivity contribution >= 4 is 28.2 Å². The van der Waals surface area contributed by atoms with Gasteiger partial charge in [-0.25, -0.2) is 4.98 Å². The zero-order valence-corrected chi connectivity index (χ0v) is 15.9. The number of benzene rings is 1. The first kappa shape index (κ1) is 19.2. The second-order valence-corrected chi connectivity index (χ2v) is 7.13. The number of ether oxygens (including phenoxy) is 2. The fraction of sp³-hybridized carbons (Fsp3) is 0.350. The average molecular weight is 405 g/mol. The molecule has 2 aromatic heterocycles. The van der Waals surface area contributed by atoms with Gasteiger partial charge in [-0.1, -0.05) is 13.8 Å². The molecule has 29 heavy (non-hydrogen) atoms. The molecule has 9 heteroatoms.